The molecule has 0 N–H and O–H groups in total. The fourth-order valence-corrected chi connectivity index (χ4v) is 3.33. The van der Waals surface area contributed by atoms with Crippen LogP contribution in [0.3, 0.4) is 0 Å². The Hall–Kier alpha value is -2.60. The molecular formula is C19H19N3O2S. The number of hydrogen-bond acceptors (Lipinski definition) is 5. The number of Topliss-reactive ketones (excluding diaryl/α,β-unsaturated/α-hetero) is 1. The molecule has 1 unspecified atom stereocenters. The zero-order chi connectivity index (χ0) is 17.8. The molecule has 1 atom stereocenters. The highest BCUT2D eigenvalue weighted by Crippen LogP contribution is 2.27. The van der Waals surface area contributed by atoms with Gasteiger partial charge in [0.2, 0.25) is 0 Å². The third kappa shape index (κ3) is 3.91. The number of carbonyl (C=O) groups is 1. The van der Waals surface area contributed by atoms with Gasteiger partial charge in [0.1, 0.15) is 12.1 Å². The highest BCUT2D eigenvalue weighted by molar-refractivity contribution is 8.00. The molecule has 128 valence electrons. The number of carbonyl (C=O) groups excluding carboxylic acids is 1. The summed E-state index contributed by atoms with van der Waals surface area (Å²) in [6, 6.07) is 15.3. The maximum absolute atomic E-state index is 12.6. The molecule has 0 aliphatic heterocycles. The van der Waals surface area contributed by atoms with Crippen molar-refractivity contribution in [2.45, 2.75) is 24.3 Å². The first kappa shape index (κ1) is 17.2. The van der Waals surface area contributed by atoms with E-state index in [1.54, 1.807) is 13.4 Å². The van der Waals surface area contributed by atoms with Crippen LogP contribution in [-0.4, -0.2) is 32.9 Å². The minimum absolute atomic E-state index is 0.0743. The van der Waals surface area contributed by atoms with E-state index in [2.05, 4.69) is 10.2 Å². The minimum Gasteiger partial charge on any atom is -0.497 e. The maximum Gasteiger partial charge on any atom is 0.196 e. The second kappa shape index (κ2) is 7.53. The Balaban J connectivity index is 1.80. The molecule has 6 heteroatoms. The van der Waals surface area contributed by atoms with Gasteiger partial charge in [0.05, 0.1) is 18.0 Å². The molecule has 0 spiro atoms. The molecule has 1 heterocycles. The molecule has 3 aromatic rings. The Bertz CT molecular complexity index is 874. The lowest BCUT2D eigenvalue weighted by Crippen LogP contribution is -2.14. The largest absolute Gasteiger partial charge is 0.497 e. The zero-order valence-electron chi connectivity index (χ0n) is 14.3. The van der Waals surface area contributed by atoms with Gasteiger partial charge in [0, 0.05) is 11.6 Å². The lowest BCUT2D eigenvalue weighted by atomic mass is 10.1. The van der Waals surface area contributed by atoms with Crippen LogP contribution in [0.1, 0.15) is 22.8 Å². The van der Waals surface area contributed by atoms with Crippen molar-refractivity contribution in [3.63, 3.8) is 0 Å². The van der Waals surface area contributed by atoms with E-state index in [9.17, 15) is 4.79 Å². The van der Waals surface area contributed by atoms with Crippen molar-refractivity contribution in [2.24, 2.45) is 0 Å². The third-order valence-corrected chi connectivity index (χ3v) is 4.89. The number of ether oxygens (including phenoxy) is 1. The van der Waals surface area contributed by atoms with E-state index in [-0.39, 0.29) is 11.0 Å². The van der Waals surface area contributed by atoms with E-state index in [0.717, 1.165) is 17.0 Å². The van der Waals surface area contributed by atoms with Gasteiger partial charge in [-0.1, -0.05) is 47.7 Å². The van der Waals surface area contributed by atoms with E-state index < -0.39 is 0 Å². The van der Waals surface area contributed by atoms with Crippen molar-refractivity contribution in [2.75, 3.05) is 7.11 Å². The molecule has 0 saturated heterocycles. The van der Waals surface area contributed by atoms with E-state index in [1.807, 2.05) is 66.9 Å². The number of rotatable bonds is 6. The Kier molecular flexibility index (Phi) is 5.19. The Morgan fingerprint density at radius 2 is 1.96 bits per heavy atom. The van der Waals surface area contributed by atoms with Gasteiger partial charge in [-0.25, -0.2) is 0 Å². The van der Waals surface area contributed by atoms with Gasteiger partial charge in [0.25, 0.3) is 0 Å². The summed E-state index contributed by atoms with van der Waals surface area (Å²) in [7, 11) is 1.63. The molecule has 5 nitrogen and oxygen atoms in total. The molecule has 0 aliphatic carbocycles. The van der Waals surface area contributed by atoms with Crippen LogP contribution >= 0.6 is 11.8 Å². The van der Waals surface area contributed by atoms with Crippen LogP contribution in [0.2, 0.25) is 0 Å². The van der Waals surface area contributed by atoms with E-state index in [4.69, 9.17) is 4.74 Å². The summed E-state index contributed by atoms with van der Waals surface area (Å²) in [4.78, 5) is 12.6. The number of ketones is 1. The molecule has 0 saturated carbocycles. The number of hydrogen-bond donors (Lipinski definition) is 0. The topological polar surface area (TPSA) is 57.0 Å². The standard InChI is InChI=1S/C19H19N3O2S/c1-13-7-9-15(10-8-13)18(23)14(2)25-19-21-20-12-22(19)16-5-4-6-17(11-16)24-3/h4-12,14H,1-3H3. The molecular weight excluding hydrogens is 334 g/mol. The zero-order valence-corrected chi connectivity index (χ0v) is 15.2. The summed E-state index contributed by atoms with van der Waals surface area (Å²) >= 11 is 1.39. The van der Waals surface area contributed by atoms with E-state index >= 15 is 0 Å². The molecule has 25 heavy (non-hydrogen) atoms. The molecule has 0 fully saturated rings. The molecule has 0 radical (unpaired) electrons. The first-order valence-corrected chi connectivity index (χ1v) is 8.78. The van der Waals surface area contributed by atoms with Gasteiger partial charge in [-0.05, 0) is 26.0 Å². The summed E-state index contributed by atoms with van der Waals surface area (Å²) in [6.07, 6.45) is 1.64. The first-order valence-electron chi connectivity index (χ1n) is 7.90. The van der Waals surface area contributed by atoms with E-state index in [1.165, 1.54) is 11.8 Å². The normalized spacial score (nSPS) is 12.0. The molecule has 0 aliphatic rings. The second-order valence-electron chi connectivity index (χ2n) is 5.68. The van der Waals surface area contributed by atoms with Crippen molar-refractivity contribution in [3.8, 4) is 11.4 Å². The van der Waals surface area contributed by atoms with Gasteiger partial charge in [-0.2, -0.15) is 0 Å². The summed E-state index contributed by atoms with van der Waals surface area (Å²) in [5.74, 6) is 0.830. The maximum atomic E-state index is 12.6. The average Bonchev–Trinajstić information content (AvgIpc) is 3.10. The molecule has 1 aromatic heterocycles. The molecule has 0 amide bonds. The predicted molar refractivity (Wildman–Crippen MR) is 98.7 cm³/mol. The fourth-order valence-electron chi connectivity index (χ4n) is 2.41. The Morgan fingerprint density at radius 1 is 1.20 bits per heavy atom. The molecule has 3 rings (SSSR count). The van der Waals surface area contributed by atoms with Crippen molar-refractivity contribution < 1.29 is 9.53 Å². The van der Waals surface area contributed by atoms with Crippen LogP contribution < -0.4 is 4.74 Å². The first-order chi connectivity index (χ1) is 12.1. The SMILES string of the molecule is COc1cccc(-n2cnnc2SC(C)C(=O)c2ccc(C)cc2)c1. The van der Waals surface area contributed by atoms with Crippen LogP contribution in [0.5, 0.6) is 5.75 Å². The summed E-state index contributed by atoms with van der Waals surface area (Å²) in [6.45, 7) is 3.89. The van der Waals surface area contributed by atoms with Crippen LogP contribution in [0.25, 0.3) is 5.69 Å². The van der Waals surface area contributed by atoms with Crippen LogP contribution in [0.15, 0.2) is 60.0 Å². The lowest BCUT2D eigenvalue weighted by molar-refractivity contribution is 0.0994. The third-order valence-electron chi connectivity index (χ3n) is 3.84. The average molecular weight is 353 g/mol. The quantitative estimate of drug-likeness (QED) is 0.496. The van der Waals surface area contributed by atoms with Gasteiger partial charge >= 0.3 is 0 Å². The number of methoxy groups -OCH3 is 1. The molecule has 0 bridgehead atoms. The van der Waals surface area contributed by atoms with Gasteiger partial charge in [0.15, 0.2) is 10.9 Å². The molecule has 2 aromatic carbocycles. The van der Waals surface area contributed by atoms with Crippen molar-refractivity contribution >= 4 is 17.5 Å². The van der Waals surface area contributed by atoms with Crippen molar-refractivity contribution in [3.05, 3.63) is 66.0 Å². The Labute approximate surface area is 151 Å². The van der Waals surface area contributed by atoms with Crippen LogP contribution in [0.4, 0.5) is 0 Å². The lowest BCUT2D eigenvalue weighted by Gasteiger charge is -2.12. The monoisotopic (exact) mass is 353 g/mol. The number of aryl methyl sites for hydroxylation is 1. The van der Waals surface area contributed by atoms with E-state index in [0.29, 0.717) is 10.7 Å². The number of aromatic nitrogens is 3. The smallest absolute Gasteiger partial charge is 0.196 e. The number of thioether (sulfide) groups is 1. The predicted octanol–water partition coefficient (Wildman–Crippen LogP) is 3.95. The van der Waals surface area contributed by atoms with Crippen LogP contribution in [-0.2, 0) is 0 Å². The summed E-state index contributed by atoms with van der Waals surface area (Å²) in [5.41, 5.74) is 2.73. The van der Waals surface area contributed by atoms with Crippen LogP contribution in [0, 0.1) is 6.92 Å². The fraction of sp³-hybridized carbons (Fsp3) is 0.211. The number of nitrogens with zero attached hydrogens (tertiary/aromatic N) is 3. The summed E-state index contributed by atoms with van der Waals surface area (Å²) in [5, 5.41) is 8.55. The number of benzene rings is 2. The van der Waals surface area contributed by atoms with Gasteiger partial charge in [-0.3, -0.25) is 9.36 Å². The minimum atomic E-state index is -0.267. The van der Waals surface area contributed by atoms with Crippen molar-refractivity contribution in [1.82, 2.24) is 14.8 Å². The summed E-state index contributed by atoms with van der Waals surface area (Å²) < 4.78 is 7.12. The second-order valence-corrected chi connectivity index (χ2v) is 6.98. The van der Waals surface area contributed by atoms with Gasteiger partial charge in [-0.15, -0.1) is 10.2 Å². The van der Waals surface area contributed by atoms with Gasteiger partial charge < -0.3 is 4.74 Å². The highest BCUT2D eigenvalue weighted by Gasteiger charge is 2.20. The Morgan fingerprint density at radius 3 is 2.68 bits per heavy atom. The van der Waals surface area contributed by atoms with Crippen molar-refractivity contribution in [1.29, 1.82) is 0 Å². The highest BCUT2D eigenvalue weighted by atomic mass is 32.2.